The summed E-state index contributed by atoms with van der Waals surface area (Å²) >= 11 is 0. The van der Waals surface area contributed by atoms with Crippen LogP contribution < -0.4 is 10.6 Å². The van der Waals surface area contributed by atoms with Gasteiger partial charge in [0.25, 0.3) is 0 Å². The smallest absolute Gasteiger partial charge is 0.228 e. The number of anilines is 2. The Kier molecular flexibility index (Phi) is 6.63. The highest BCUT2D eigenvalue weighted by molar-refractivity contribution is 5.92. The standard InChI is InChI=1S/C21H27N3O2/c1-17-3-2-4-18(15-17)16-21(25)23-20-7-5-19(6-8-20)22-9-10-24-11-13-26-14-12-24/h2-8,15,22H,9-14,16H2,1H3,(H,23,25). The number of nitrogens with zero attached hydrogens (tertiary/aromatic N) is 1. The van der Waals surface area contributed by atoms with E-state index in [4.69, 9.17) is 4.74 Å². The monoisotopic (exact) mass is 353 g/mol. The van der Waals surface area contributed by atoms with Crippen molar-refractivity contribution in [2.45, 2.75) is 13.3 Å². The van der Waals surface area contributed by atoms with E-state index in [9.17, 15) is 4.79 Å². The van der Waals surface area contributed by atoms with E-state index in [1.807, 2.05) is 55.5 Å². The second kappa shape index (κ2) is 9.36. The molecule has 0 aromatic heterocycles. The lowest BCUT2D eigenvalue weighted by Crippen LogP contribution is -2.38. The molecule has 5 nitrogen and oxygen atoms in total. The van der Waals surface area contributed by atoms with E-state index in [1.165, 1.54) is 5.56 Å². The molecule has 0 bridgehead atoms. The molecule has 1 fully saturated rings. The maximum absolute atomic E-state index is 12.2. The van der Waals surface area contributed by atoms with E-state index >= 15 is 0 Å². The molecule has 138 valence electrons. The third-order valence-corrected chi connectivity index (χ3v) is 4.48. The Bertz CT molecular complexity index is 709. The number of ether oxygens (including phenoxy) is 1. The normalized spacial score (nSPS) is 14.8. The summed E-state index contributed by atoms with van der Waals surface area (Å²) in [7, 11) is 0. The van der Waals surface area contributed by atoms with Gasteiger partial charge in [-0.15, -0.1) is 0 Å². The van der Waals surface area contributed by atoms with E-state index in [1.54, 1.807) is 0 Å². The van der Waals surface area contributed by atoms with Gasteiger partial charge in [0.1, 0.15) is 0 Å². The van der Waals surface area contributed by atoms with Gasteiger partial charge < -0.3 is 15.4 Å². The molecule has 26 heavy (non-hydrogen) atoms. The van der Waals surface area contributed by atoms with Crippen LogP contribution in [0.25, 0.3) is 0 Å². The van der Waals surface area contributed by atoms with Crippen molar-refractivity contribution in [1.29, 1.82) is 0 Å². The molecular formula is C21H27N3O2. The molecule has 3 rings (SSSR count). The number of morpholine rings is 1. The van der Waals surface area contributed by atoms with Crippen molar-refractivity contribution in [3.63, 3.8) is 0 Å². The van der Waals surface area contributed by atoms with Gasteiger partial charge in [-0.05, 0) is 36.8 Å². The van der Waals surface area contributed by atoms with Gasteiger partial charge in [-0.2, -0.15) is 0 Å². The Labute approximate surface area is 155 Å². The lowest BCUT2D eigenvalue weighted by molar-refractivity contribution is -0.115. The van der Waals surface area contributed by atoms with Crippen molar-refractivity contribution in [2.75, 3.05) is 50.0 Å². The third-order valence-electron chi connectivity index (χ3n) is 4.48. The molecule has 5 heteroatoms. The second-order valence-electron chi connectivity index (χ2n) is 6.67. The van der Waals surface area contributed by atoms with Gasteiger partial charge in [-0.3, -0.25) is 9.69 Å². The lowest BCUT2D eigenvalue weighted by atomic mass is 10.1. The Hall–Kier alpha value is -2.37. The number of amides is 1. The van der Waals surface area contributed by atoms with Gasteiger partial charge in [0.2, 0.25) is 5.91 Å². The van der Waals surface area contributed by atoms with Crippen LogP contribution in [0.15, 0.2) is 48.5 Å². The number of hydrogen-bond acceptors (Lipinski definition) is 4. The fourth-order valence-corrected chi connectivity index (χ4v) is 3.07. The molecule has 1 aliphatic heterocycles. The minimum atomic E-state index is 0.00336. The van der Waals surface area contributed by atoms with Crippen molar-refractivity contribution >= 4 is 17.3 Å². The van der Waals surface area contributed by atoms with Crippen LogP contribution in [0.1, 0.15) is 11.1 Å². The first kappa shape index (κ1) is 18.4. The summed E-state index contributed by atoms with van der Waals surface area (Å²) in [6, 6.07) is 15.9. The Morgan fingerprint density at radius 1 is 1.08 bits per heavy atom. The predicted octanol–water partition coefficient (Wildman–Crippen LogP) is 2.92. The van der Waals surface area contributed by atoms with Crippen molar-refractivity contribution in [1.82, 2.24) is 4.90 Å². The summed E-state index contributed by atoms with van der Waals surface area (Å²) in [6.07, 6.45) is 0.390. The molecule has 1 heterocycles. The first-order chi connectivity index (χ1) is 12.7. The number of rotatable bonds is 7. The topological polar surface area (TPSA) is 53.6 Å². The lowest BCUT2D eigenvalue weighted by Gasteiger charge is -2.26. The van der Waals surface area contributed by atoms with Crippen LogP contribution in [0.3, 0.4) is 0 Å². The molecule has 2 aromatic carbocycles. The Morgan fingerprint density at radius 2 is 1.81 bits per heavy atom. The molecule has 0 spiro atoms. The van der Waals surface area contributed by atoms with Crippen molar-refractivity contribution in [3.8, 4) is 0 Å². The highest BCUT2D eigenvalue weighted by atomic mass is 16.5. The van der Waals surface area contributed by atoms with Gasteiger partial charge in [0.05, 0.1) is 19.6 Å². The van der Waals surface area contributed by atoms with Crippen LogP contribution in [0.5, 0.6) is 0 Å². The van der Waals surface area contributed by atoms with Crippen LogP contribution in [0.4, 0.5) is 11.4 Å². The molecule has 2 N–H and O–H groups in total. The number of nitrogens with one attached hydrogen (secondary N) is 2. The van der Waals surface area contributed by atoms with Crippen LogP contribution >= 0.6 is 0 Å². The number of carbonyl (C=O) groups is 1. The zero-order valence-electron chi connectivity index (χ0n) is 15.3. The highest BCUT2D eigenvalue weighted by Gasteiger charge is 2.09. The van der Waals surface area contributed by atoms with Crippen LogP contribution in [0, 0.1) is 6.92 Å². The fourth-order valence-electron chi connectivity index (χ4n) is 3.07. The molecular weight excluding hydrogens is 326 g/mol. The average Bonchev–Trinajstić information content (AvgIpc) is 2.64. The number of benzene rings is 2. The maximum Gasteiger partial charge on any atom is 0.228 e. The summed E-state index contributed by atoms with van der Waals surface area (Å²) in [6.45, 7) is 7.62. The van der Waals surface area contributed by atoms with Crippen molar-refractivity contribution in [2.24, 2.45) is 0 Å². The van der Waals surface area contributed by atoms with Gasteiger partial charge in [-0.25, -0.2) is 0 Å². The zero-order valence-corrected chi connectivity index (χ0v) is 15.3. The predicted molar refractivity (Wildman–Crippen MR) is 106 cm³/mol. The zero-order chi connectivity index (χ0) is 18.2. The summed E-state index contributed by atoms with van der Waals surface area (Å²) in [5, 5.41) is 6.38. The second-order valence-corrected chi connectivity index (χ2v) is 6.67. The van der Waals surface area contributed by atoms with Crippen LogP contribution in [-0.4, -0.2) is 50.2 Å². The van der Waals surface area contributed by atoms with E-state index in [0.29, 0.717) is 6.42 Å². The summed E-state index contributed by atoms with van der Waals surface area (Å²) < 4.78 is 5.36. The molecule has 1 aliphatic rings. The first-order valence-electron chi connectivity index (χ1n) is 9.18. The molecule has 2 aromatic rings. The van der Waals surface area contributed by atoms with Gasteiger partial charge in [0, 0.05) is 37.6 Å². The average molecular weight is 353 g/mol. The fraction of sp³-hybridized carbons (Fsp3) is 0.381. The minimum absolute atomic E-state index is 0.00336. The molecule has 0 atom stereocenters. The largest absolute Gasteiger partial charge is 0.384 e. The maximum atomic E-state index is 12.2. The summed E-state index contributed by atoms with van der Waals surface area (Å²) in [4.78, 5) is 14.6. The molecule has 0 saturated carbocycles. The van der Waals surface area contributed by atoms with Gasteiger partial charge >= 0.3 is 0 Å². The molecule has 0 unspecified atom stereocenters. The van der Waals surface area contributed by atoms with Crippen LogP contribution in [-0.2, 0) is 16.0 Å². The van der Waals surface area contributed by atoms with E-state index < -0.39 is 0 Å². The highest BCUT2D eigenvalue weighted by Crippen LogP contribution is 2.14. The molecule has 0 radical (unpaired) electrons. The van der Waals surface area contributed by atoms with Crippen molar-refractivity contribution < 1.29 is 9.53 Å². The van der Waals surface area contributed by atoms with E-state index in [-0.39, 0.29) is 5.91 Å². The van der Waals surface area contributed by atoms with Gasteiger partial charge in [-0.1, -0.05) is 29.8 Å². The van der Waals surface area contributed by atoms with Gasteiger partial charge in [0.15, 0.2) is 0 Å². The Morgan fingerprint density at radius 3 is 2.54 bits per heavy atom. The van der Waals surface area contributed by atoms with E-state index in [2.05, 4.69) is 15.5 Å². The molecule has 1 amide bonds. The number of aryl methyl sites for hydroxylation is 1. The summed E-state index contributed by atoms with van der Waals surface area (Å²) in [5.74, 6) is 0.00336. The number of hydrogen-bond donors (Lipinski definition) is 2. The number of carbonyl (C=O) groups excluding carboxylic acids is 1. The minimum Gasteiger partial charge on any atom is -0.384 e. The summed E-state index contributed by atoms with van der Waals surface area (Å²) in [5.41, 5.74) is 4.09. The third kappa shape index (κ3) is 5.86. The van der Waals surface area contributed by atoms with Crippen LogP contribution in [0.2, 0.25) is 0 Å². The molecule has 0 aliphatic carbocycles. The van der Waals surface area contributed by atoms with E-state index in [0.717, 1.165) is 56.3 Å². The SMILES string of the molecule is Cc1cccc(CC(=O)Nc2ccc(NCCN3CCOCC3)cc2)c1. The Balaban J connectivity index is 1.42. The quantitative estimate of drug-likeness (QED) is 0.804. The van der Waals surface area contributed by atoms with Crippen molar-refractivity contribution in [3.05, 3.63) is 59.7 Å². The first-order valence-corrected chi connectivity index (χ1v) is 9.18. The molecule has 1 saturated heterocycles.